The van der Waals surface area contributed by atoms with Crippen molar-refractivity contribution < 1.29 is 4.74 Å². The van der Waals surface area contributed by atoms with Crippen molar-refractivity contribution >= 4 is 15.7 Å². The van der Waals surface area contributed by atoms with Gasteiger partial charge in [0.1, 0.15) is 15.7 Å². The van der Waals surface area contributed by atoms with Crippen LogP contribution in [0.25, 0.3) is 0 Å². The van der Waals surface area contributed by atoms with Crippen LogP contribution < -0.4 is 0 Å². The summed E-state index contributed by atoms with van der Waals surface area (Å²) in [5, 5.41) is 0. The molecule has 0 amide bonds. The van der Waals surface area contributed by atoms with Crippen molar-refractivity contribution in [1.82, 2.24) is 0 Å². The van der Waals surface area contributed by atoms with Crippen LogP contribution in [-0.2, 0) is 4.74 Å². The Labute approximate surface area is 78.1 Å². The molecule has 0 aromatic carbocycles. The third-order valence-corrected chi connectivity index (χ3v) is 2.47. The first-order valence-electron chi connectivity index (χ1n) is 4.99. The lowest BCUT2D eigenvalue weighted by molar-refractivity contribution is 0.0242. The molecule has 0 saturated carbocycles. The molecule has 1 fully saturated rings. The van der Waals surface area contributed by atoms with E-state index in [0.717, 1.165) is 0 Å². The van der Waals surface area contributed by atoms with Crippen LogP contribution in [0.5, 0.6) is 0 Å². The molecule has 12 heavy (non-hydrogen) atoms. The van der Waals surface area contributed by atoms with E-state index in [1.807, 2.05) is 0 Å². The van der Waals surface area contributed by atoms with Gasteiger partial charge in [0.2, 0.25) is 0 Å². The maximum atomic E-state index is 5.92. The second-order valence-electron chi connectivity index (χ2n) is 5.65. The average Bonchev–Trinajstić information content (AvgIpc) is 2.05. The molecule has 0 aromatic heterocycles. The summed E-state index contributed by atoms with van der Waals surface area (Å²) in [5.74, 6) is 0. The van der Waals surface area contributed by atoms with Crippen LogP contribution in [0.15, 0.2) is 0 Å². The van der Waals surface area contributed by atoms with E-state index in [2.05, 4.69) is 36.5 Å². The zero-order chi connectivity index (χ0) is 9.41. The minimum Gasteiger partial charge on any atom is -0.390 e. The molecule has 2 atom stereocenters. The SMILES string of the molecule is BC1CC[C@@](B)(CC(C)(C)C)O1. The Bertz CT molecular complexity index is 164. The van der Waals surface area contributed by atoms with Crippen molar-refractivity contribution in [3.63, 3.8) is 0 Å². The maximum Gasteiger partial charge on any atom is 0.143 e. The highest BCUT2D eigenvalue weighted by molar-refractivity contribution is 6.16. The van der Waals surface area contributed by atoms with Crippen molar-refractivity contribution in [2.75, 3.05) is 0 Å². The van der Waals surface area contributed by atoms with Gasteiger partial charge in [0.25, 0.3) is 0 Å². The first kappa shape index (κ1) is 10.2. The molecule has 0 radical (unpaired) electrons. The van der Waals surface area contributed by atoms with Gasteiger partial charge in [0.15, 0.2) is 0 Å². The Morgan fingerprint density at radius 3 is 2.42 bits per heavy atom. The molecule has 1 unspecified atom stereocenters. The summed E-state index contributed by atoms with van der Waals surface area (Å²) in [6.45, 7) is 6.85. The molecule has 1 aliphatic heterocycles. The van der Waals surface area contributed by atoms with E-state index in [-0.39, 0.29) is 5.50 Å². The summed E-state index contributed by atoms with van der Waals surface area (Å²) in [6.07, 6.45) is 3.63. The van der Waals surface area contributed by atoms with E-state index in [1.165, 1.54) is 19.3 Å². The average molecular weight is 166 g/mol. The summed E-state index contributed by atoms with van der Waals surface area (Å²) >= 11 is 0. The molecule has 0 aliphatic carbocycles. The molecule has 3 heteroatoms. The molecule has 1 heterocycles. The fourth-order valence-corrected chi connectivity index (χ4v) is 2.36. The highest BCUT2D eigenvalue weighted by Gasteiger charge is 2.36. The van der Waals surface area contributed by atoms with Gasteiger partial charge in [0.05, 0.1) is 0 Å². The molecule has 1 nitrogen and oxygen atoms in total. The van der Waals surface area contributed by atoms with E-state index < -0.39 is 0 Å². The first-order chi connectivity index (χ1) is 5.31. The Balaban J connectivity index is 2.51. The van der Waals surface area contributed by atoms with E-state index in [4.69, 9.17) is 4.74 Å². The molecule has 0 aromatic rings. The third-order valence-electron chi connectivity index (χ3n) is 2.47. The van der Waals surface area contributed by atoms with Crippen LogP contribution in [0.4, 0.5) is 0 Å². The fraction of sp³-hybridized carbons (Fsp3) is 1.00. The second kappa shape index (κ2) is 3.10. The van der Waals surface area contributed by atoms with Crippen molar-refractivity contribution in [2.24, 2.45) is 5.41 Å². The Morgan fingerprint density at radius 2 is 2.08 bits per heavy atom. The summed E-state index contributed by atoms with van der Waals surface area (Å²) in [4.78, 5) is 0. The minimum atomic E-state index is 0.150. The van der Waals surface area contributed by atoms with Gasteiger partial charge in [-0.3, -0.25) is 0 Å². The van der Waals surface area contributed by atoms with Gasteiger partial charge in [0, 0.05) is 11.5 Å². The second-order valence-corrected chi connectivity index (χ2v) is 5.65. The van der Waals surface area contributed by atoms with Gasteiger partial charge in [-0.25, -0.2) is 0 Å². The molecule has 0 bridgehead atoms. The van der Waals surface area contributed by atoms with E-state index in [0.29, 0.717) is 11.4 Å². The Morgan fingerprint density at radius 1 is 1.50 bits per heavy atom. The summed E-state index contributed by atoms with van der Waals surface area (Å²) in [5.41, 5.74) is 0.538. The fourth-order valence-electron chi connectivity index (χ4n) is 2.36. The van der Waals surface area contributed by atoms with Crippen LogP contribution >= 0.6 is 0 Å². The van der Waals surface area contributed by atoms with Crippen molar-refractivity contribution in [3.8, 4) is 0 Å². The minimum absolute atomic E-state index is 0.150. The van der Waals surface area contributed by atoms with Gasteiger partial charge in [-0.2, -0.15) is 0 Å². The van der Waals surface area contributed by atoms with Crippen LogP contribution in [0, 0.1) is 5.41 Å². The maximum absolute atomic E-state index is 5.92. The number of hydrogen-bond donors (Lipinski definition) is 0. The predicted octanol–water partition coefficient (Wildman–Crippen LogP) is 0.522. The monoisotopic (exact) mass is 166 g/mol. The standard InChI is InChI=1S/C9H20B2O/c1-8(2,3)6-9(11)5-4-7(10)12-9/h7H,4-6,10-11H2,1-3H3/t7?,9-/m0/s1. The smallest absolute Gasteiger partial charge is 0.143 e. The molecule has 1 aliphatic rings. The zero-order valence-electron chi connectivity index (χ0n) is 9.11. The molecule has 1 rings (SSSR count). The van der Waals surface area contributed by atoms with Crippen LogP contribution in [0.1, 0.15) is 40.0 Å². The van der Waals surface area contributed by atoms with Gasteiger partial charge in [-0.1, -0.05) is 20.8 Å². The van der Waals surface area contributed by atoms with Gasteiger partial charge in [-0.15, -0.1) is 0 Å². The lowest BCUT2D eigenvalue weighted by Crippen LogP contribution is -2.34. The van der Waals surface area contributed by atoms with Gasteiger partial charge < -0.3 is 4.74 Å². The van der Waals surface area contributed by atoms with Crippen LogP contribution in [0.3, 0.4) is 0 Å². The van der Waals surface area contributed by atoms with E-state index in [9.17, 15) is 0 Å². The van der Waals surface area contributed by atoms with Gasteiger partial charge in [-0.05, 0) is 24.7 Å². The third kappa shape index (κ3) is 2.85. The number of ether oxygens (including phenoxy) is 1. The van der Waals surface area contributed by atoms with Crippen LogP contribution in [0.2, 0.25) is 0 Å². The van der Waals surface area contributed by atoms with Crippen molar-refractivity contribution in [3.05, 3.63) is 0 Å². The highest BCUT2D eigenvalue weighted by Crippen LogP contribution is 2.36. The number of rotatable bonds is 1. The van der Waals surface area contributed by atoms with Crippen LogP contribution in [-0.4, -0.2) is 27.2 Å². The quantitative estimate of drug-likeness (QED) is 0.516. The van der Waals surface area contributed by atoms with Gasteiger partial charge >= 0.3 is 0 Å². The molecular formula is C9H20B2O. The molecule has 0 N–H and O–H groups in total. The number of hydrogen-bond acceptors (Lipinski definition) is 1. The molecule has 1 saturated heterocycles. The topological polar surface area (TPSA) is 9.23 Å². The Kier molecular flexibility index (Phi) is 2.63. The normalized spacial score (nSPS) is 37.1. The molecule has 0 spiro atoms. The molecule has 68 valence electrons. The highest BCUT2D eigenvalue weighted by atomic mass is 16.5. The van der Waals surface area contributed by atoms with Crippen molar-refractivity contribution in [2.45, 2.75) is 51.5 Å². The van der Waals surface area contributed by atoms with E-state index >= 15 is 0 Å². The van der Waals surface area contributed by atoms with E-state index in [1.54, 1.807) is 0 Å². The largest absolute Gasteiger partial charge is 0.390 e. The zero-order valence-corrected chi connectivity index (χ0v) is 9.11. The predicted molar refractivity (Wildman–Crippen MR) is 58.0 cm³/mol. The van der Waals surface area contributed by atoms with Crippen molar-refractivity contribution in [1.29, 1.82) is 0 Å². The summed E-state index contributed by atoms with van der Waals surface area (Å²) in [6, 6.07) is 0.470. The lowest BCUT2D eigenvalue weighted by Gasteiger charge is -2.32. The first-order valence-corrected chi connectivity index (χ1v) is 4.99. The Hall–Kier alpha value is 0.0899. The summed E-state index contributed by atoms with van der Waals surface area (Å²) in [7, 11) is 4.43. The summed E-state index contributed by atoms with van der Waals surface area (Å²) < 4.78 is 5.92. The lowest BCUT2D eigenvalue weighted by atomic mass is 9.69. The molecular weight excluding hydrogens is 146 g/mol.